The number of hydrogen-bond acceptors (Lipinski definition) is 4. The summed E-state index contributed by atoms with van der Waals surface area (Å²) in [6, 6.07) is 9.79. The van der Waals surface area contributed by atoms with Gasteiger partial charge in [-0.25, -0.2) is 9.78 Å². The van der Waals surface area contributed by atoms with Crippen molar-refractivity contribution >= 4 is 51.8 Å². The normalized spacial score (nSPS) is 10.8. The van der Waals surface area contributed by atoms with E-state index >= 15 is 0 Å². The molecule has 0 saturated carbocycles. The van der Waals surface area contributed by atoms with Gasteiger partial charge in [-0.2, -0.15) is 0 Å². The van der Waals surface area contributed by atoms with Crippen LogP contribution in [-0.2, 0) is 11.3 Å². The van der Waals surface area contributed by atoms with E-state index in [0.717, 1.165) is 6.20 Å². The zero-order valence-electron chi connectivity index (χ0n) is 12.0. The fourth-order valence-electron chi connectivity index (χ4n) is 2.18. The fraction of sp³-hybridized carbons (Fsp3) is 0.0625. The molecule has 0 spiro atoms. The van der Waals surface area contributed by atoms with Crippen LogP contribution in [0.25, 0.3) is 11.0 Å². The molecule has 0 amide bonds. The molecule has 5 nitrogen and oxygen atoms in total. The third kappa shape index (κ3) is 3.38. The lowest BCUT2D eigenvalue weighted by Gasteiger charge is -2.11. The van der Waals surface area contributed by atoms with Crippen molar-refractivity contribution < 1.29 is 9.53 Å². The Bertz CT molecular complexity index is 978. The first-order chi connectivity index (χ1) is 11.5. The van der Waals surface area contributed by atoms with Crippen LogP contribution in [0, 0.1) is 0 Å². The van der Waals surface area contributed by atoms with Crippen molar-refractivity contribution in [1.29, 1.82) is 0 Å². The maximum absolute atomic E-state index is 12.2. The van der Waals surface area contributed by atoms with Crippen LogP contribution < -0.4 is 10.3 Å². The van der Waals surface area contributed by atoms with Gasteiger partial charge in [0, 0.05) is 5.02 Å². The van der Waals surface area contributed by atoms with Crippen LogP contribution >= 0.6 is 34.8 Å². The molecule has 0 aliphatic carbocycles. The SMILES string of the molecule is O=C(Cn1c(=O)cnc2ccccc21)Oc1c(Cl)cc(Cl)cc1Cl. The standard InChI is InChI=1S/C16H9Cl3N2O3/c17-9-5-10(18)16(11(19)6-9)24-15(23)8-21-13-4-2-1-3-12(13)20-7-14(21)22/h1-7H,8H2. The van der Waals surface area contributed by atoms with Crippen molar-refractivity contribution in [3.05, 3.63) is 68.0 Å². The Morgan fingerprint density at radius 1 is 1.12 bits per heavy atom. The molecule has 2 aromatic carbocycles. The number of aromatic nitrogens is 2. The van der Waals surface area contributed by atoms with Crippen molar-refractivity contribution in [3.8, 4) is 5.75 Å². The molecule has 1 aromatic heterocycles. The predicted octanol–water partition coefficient (Wildman–Crippen LogP) is 3.96. The third-order valence-electron chi connectivity index (χ3n) is 3.22. The smallest absolute Gasteiger partial charge is 0.331 e. The van der Waals surface area contributed by atoms with E-state index in [0.29, 0.717) is 16.1 Å². The Balaban J connectivity index is 1.92. The van der Waals surface area contributed by atoms with Gasteiger partial charge in [0.15, 0.2) is 5.75 Å². The summed E-state index contributed by atoms with van der Waals surface area (Å²) >= 11 is 17.8. The summed E-state index contributed by atoms with van der Waals surface area (Å²) in [4.78, 5) is 28.3. The molecule has 8 heteroatoms. The second-order valence-electron chi connectivity index (χ2n) is 4.84. The highest BCUT2D eigenvalue weighted by atomic mass is 35.5. The monoisotopic (exact) mass is 382 g/mol. The van der Waals surface area contributed by atoms with E-state index in [2.05, 4.69) is 4.98 Å². The van der Waals surface area contributed by atoms with E-state index < -0.39 is 11.5 Å². The molecule has 0 saturated heterocycles. The summed E-state index contributed by atoms with van der Waals surface area (Å²) < 4.78 is 6.46. The topological polar surface area (TPSA) is 61.2 Å². The summed E-state index contributed by atoms with van der Waals surface area (Å²) in [5.74, 6) is -0.696. The van der Waals surface area contributed by atoms with Gasteiger partial charge in [0.1, 0.15) is 6.54 Å². The summed E-state index contributed by atoms with van der Waals surface area (Å²) in [6.07, 6.45) is 1.15. The quantitative estimate of drug-likeness (QED) is 0.507. The third-order valence-corrected chi connectivity index (χ3v) is 4.00. The van der Waals surface area contributed by atoms with E-state index in [1.807, 2.05) is 0 Å². The average molecular weight is 384 g/mol. The number of para-hydroxylation sites is 2. The summed E-state index contributed by atoms with van der Waals surface area (Å²) in [6.45, 7) is -0.308. The Kier molecular flexibility index (Phi) is 4.76. The molecule has 0 fully saturated rings. The number of halogens is 3. The highest BCUT2D eigenvalue weighted by Gasteiger charge is 2.16. The summed E-state index contributed by atoms with van der Waals surface area (Å²) in [7, 11) is 0. The molecule has 3 rings (SSSR count). The Labute approximate surface area is 151 Å². The maximum Gasteiger partial charge on any atom is 0.331 e. The minimum atomic E-state index is -0.695. The van der Waals surface area contributed by atoms with Gasteiger partial charge in [-0.3, -0.25) is 9.36 Å². The zero-order chi connectivity index (χ0) is 17.3. The molecular formula is C16H9Cl3N2O3. The fourth-order valence-corrected chi connectivity index (χ4v) is 3.07. The molecule has 0 bridgehead atoms. The molecule has 0 N–H and O–H groups in total. The lowest BCUT2D eigenvalue weighted by atomic mass is 10.3. The lowest BCUT2D eigenvalue weighted by molar-refractivity contribution is -0.135. The Morgan fingerprint density at radius 2 is 1.79 bits per heavy atom. The van der Waals surface area contributed by atoms with Gasteiger partial charge in [-0.05, 0) is 24.3 Å². The lowest BCUT2D eigenvalue weighted by Crippen LogP contribution is -2.27. The number of fused-ring (bicyclic) bond motifs is 1. The molecule has 0 atom stereocenters. The highest BCUT2D eigenvalue weighted by molar-refractivity contribution is 6.40. The summed E-state index contributed by atoms with van der Waals surface area (Å²) in [5, 5.41) is 0.529. The first-order valence-corrected chi connectivity index (χ1v) is 7.89. The van der Waals surface area contributed by atoms with Crippen LogP contribution in [-0.4, -0.2) is 15.5 Å². The van der Waals surface area contributed by atoms with Crippen molar-refractivity contribution in [3.63, 3.8) is 0 Å². The average Bonchev–Trinajstić information content (AvgIpc) is 2.53. The molecular weight excluding hydrogens is 375 g/mol. The van der Waals surface area contributed by atoms with Gasteiger partial charge in [0.05, 0.1) is 27.3 Å². The largest absolute Gasteiger partial charge is 0.422 e. The van der Waals surface area contributed by atoms with E-state index in [9.17, 15) is 9.59 Å². The second kappa shape index (κ2) is 6.81. The van der Waals surface area contributed by atoms with Gasteiger partial charge in [0.2, 0.25) is 0 Å². The molecule has 1 heterocycles. The Morgan fingerprint density at radius 3 is 2.50 bits per heavy atom. The number of rotatable bonds is 3. The van der Waals surface area contributed by atoms with E-state index in [-0.39, 0.29) is 22.3 Å². The highest BCUT2D eigenvalue weighted by Crippen LogP contribution is 2.35. The predicted molar refractivity (Wildman–Crippen MR) is 93.1 cm³/mol. The van der Waals surface area contributed by atoms with E-state index in [1.165, 1.54) is 16.7 Å². The van der Waals surface area contributed by atoms with Crippen molar-refractivity contribution in [2.45, 2.75) is 6.54 Å². The van der Waals surface area contributed by atoms with Crippen LogP contribution in [0.2, 0.25) is 15.1 Å². The van der Waals surface area contributed by atoms with Gasteiger partial charge in [-0.15, -0.1) is 0 Å². The Hall–Kier alpha value is -2.08. The van der Waals surface area contributed by atoms with E-state index in [4.69, 9.17) is 39.5 Å². The first kappa shape index (κ1) is 16.8. The van der Waals surface area contributed by atoms with Crippen LogP contribution in [0.1, 0.15) is 0 Å². The minimum absolute atomic E-state index is 0.000793. The molecule has 0 aliphatic rings. The maximum atomic E-state index is 12.2. The molecule has 122 valence electrons. The number of ether oxygens (including phenoxy) is 1. The first-order valence-electron chi connectivity index (χ1n) is 6.75. The van der Waals surface area contributed by atoms with Crippen molar-refractivity contribution in [1.82, 2.24) is 9.55 Å². The van der Waals surface area contributed by atoms with Gasteiger partial charge >= 0.3 is 5.97 Å². The summed E-state index contributed by atoms with van der Waals surface area (Å²) in [5.41, 5.74) is 0.696. The minimum Gasteiger partial charge on any atom is -0.422 e. The van der Waals surface area contributed by atoms with Gasteiger partial charge < -0.3 is 4.74 Å². The number of hydrogen-bond donors (Lipinski definition) is 0. The zero-order valence-corrected chi connectivity index (χ0v) is 14.3. The number of benzene rings is 2. The van der Waals surface area contributed by atoms with E-state index in [1.54, 1.807) is 24.3 Å². The van der Waals surface area contributed by atoms with Crippen molar-refractivity contribution in [2.75, 3.05) is 0 Å². The number of carbonyl (C=O) groups excluding carboxylic acids is 1. The molecule has 0 radical (unpaired) electrons. The van der Waals surface area contributed by atoms with Crippen LogP contribution in [0.4, 0.5) is 0 Å². The van der Waals surface area contributed by atoms with Crippen LogP contribution in [0.5, 0.6) is 5.75 Å². The number of carbonyl (C=O) groups is 1. The number of nitrogens with zero attached hydrogens (tertiary/aromatic N) is 2. The molecule has 24 heavy (non-hydrogen) atoms. The molecule has 3 aromatic rings. The number of esters is 1. The second-order valence-corrected chi connectivity index (χ2v) is 6.09. The van der Waals surface area contributed by atoms with Crippen LogP contribution in [0.15, 0.2) is 47.4 Å². The van der Waals surface area contributed by atoms with Gasteiger partial charge in [0.25, 0.3) is 5.56 Å². The van der Waals surface area contributed by atoms with Gasteiger partial charge in [-0.1, -0.05) is 46.9 Å². The van der Waals surface area contributed by atoms with Crippen molar-refractivity contribution in [2.24, 2.45) is 0 Å². The molecule has 0 unspecified atom stereocenters. The van der Waals surface area contributed by atoms with Crippen LogP contribution in [0.3, 0.4) is 0 Å². The molecule has 0 aliphatic heterocycles.